The van der Waals surface area contributed by atoms with Crippen molar-refractivity contribution in [2.45, 2.75) is 219 Å². The van der Waals surface area contributed by atoms with Gasteiger partial charge in [-0.15, -0.1) is 0 Å². The van der Waals surface area contributed by atoms with Gasteiger partial charge in [0.15, 0.2) is 12.1 Å². The maximum absolute atomic E-state index is 13.2. The zero-order valence-electron chi connectivity index (χ0n) is 35.1. The fourth-order valence-electron chi connectivity index (χ4n) is 6.59. The summed E-state index contributed by atoms with van der Waals surface area (Å²) in [6.45, 7) is 3.81. The van der Waals surface area contributed by atoms with Crippen molar-refractivity contribution in [2.24, 2.45) is 0 Å². The van der Waals surface area contributed by atoms with Crippen LogP contribution in [0.3, 0.4) is 0 Å². The van der Waals surface area contributed by atoms with Gasteiger partial charge < -0.3 is 29.6 Å². The zero-order valence-corrected chi connectivity index (χ0v) is 35.1. The molecule has 2 unspecified atom stereocenters. The second-order valence-corrected chi connectivity index (χ2v) is 15.3. The van der Waals surface area contributed by atoms with E-state index in [1.165, 1.54) is 128 Å². The van der Waals surface area contributed by atoms with E-state index in [0.29, 0.717) is 12.8 Å². The molecule has 56 heavy (non-hydrogen) atoms. The largest absolute Gasteiger partial charge is 0.481 e. The van der Waals surface area contributed by atoms with Crippen LogP contribution in [0.4, 0.5) is 0 Å². The maximum atomic E-state index is 13.2. The number of carboxylic acid groups (broad SMARTS) is 1. The third-order valence-electron chi connectivity index (χ3n) is 10.0. The number of amides is 1. The number of unbranched alkanes of at least 4 members (excludes halogenated alkanes) is 24. The molecule has 0 aromatic carbocycles. The lowest BCUT2D eigenvalue weighted by Crippen LogP contribution is -2.37. The maximum Gasteiger partial charge on any atom is 0.335 e. The van der Waals surface area contributed by atoms with Gasteiger partial charge in [0.1, 0.15) is 13.2 Å². The van der Waals surface area contributed by atoms with Crippen molar-refractivity contribution in [3.05, 3.63) is 18.2 Å². The van der Waals surface area contributed by atoms with Gasteiger partial charge in [-0.1, -0.05) is 168 Å². The van der Waals surface area contributed by atoms with Gasteiger partial charge in [-0.05, 0) is 12.8 Å². The molecular formula is C44H77N3O9. The van der Waals surface area contributed by atoms with Crippen LogP contribution in [-0.4, -0.2) is 64.2 Å². The lowest BCUT2D eigenvalue weighted by Gasteiger charge is -2.21. The van der Waals surface area contributed by atoms with Gasteiger partial charge in [0.05, 0.1) is 24.6 Å². The van der Waals surface area contributed by atoms with E-state index in [2.05, 4.69) is 29.1 Å². The van der Waals surface area contributed by atoms with Crippen molar-refractivity contribution in [1.82, 2.24) is 15.3 Å². The quantitative estimate of drug-likeness (QED) is 0.0331. The molecule has 0 radical (unpaired) electrons. The summed E-state index contributed by atoms with van der Waals surface area (Å²) in [6, 6.07) is -1.29. The Labute approximate surface area is 337 Å². The lowest BCUT2D eigenvalue weighted by molar-refractivity contribution is -0.168. The van der Waals surface area contributed by atoms with E-state index in [1.807, 2.05) is 0 Å². The Morgan fingerprint density at radius 1 is 0.589 bits per heavy atom. The highest BCUT2D eigenvalue weighted by molar-refractivity contribution is 5.86. The number of rotatable bonds is 39. The molecule has 0 fully saturated rings. The third kappa shape index (κ3) is 29.8. The fourth-order valence-corrected chi connectivity index (χ4v) is 6.59. The number of nitrogens with zero attached hydrogens (tertiary/aromatic N) is 1. The number of imidazole rings is 1. The van der Waals surface area contributed by atoms with E-state index in [1.54, 1.807) is 0 Å². The van der Waals surface area contributed by atoms with Gasteiger partial charge in [-0.25, -0.2) is 9.78 Å². The Balaban J connectivity index is 2.52. The number of ether oxygens (including phenoxy) is 3. The van der Waals surface area contributed by atoms with Crippen LogP contribution in [0.15, 0.2) is 12.5 Å². The minimum absolute atomic E-state index is 0.200. The molecule has 1 aromatic heterocycles. The summed E-state index contributed by atoms with van der Waals surface area (Å²) in [5.41, 5.74) is 0.235. The minimum atomic E-state index is -1.29. The first-order chi connectivity index (χ1) is 27.3. The molecule has 0 aliphatic carbocycles. The Kier molecular flexibility index (Phi) is 32.5. The average molecular weight is 792 g/mol. The average Bonchev–Trinajstić information content (AvgIpc) is 3.72. The Morgan fingerprint density at radius 2 is 1.02 bits per heavy atom. The molecule has 12 heteroatoms. The smallest absolute Gasteiger partial charge is 0.335 e. The van der Waals surface area contributed by atoms with E-state index in [0.717, 1.165) is 38.5 Å². The third-order valence-corrected chi connectivity index (χ3v) is 10.0. The number of carboxylic acids is 1. The summed E-state index contributed by atoms with van der Waals surface area (Å²) >= 11 is 0. The van der Waals surface area contributed by atoms with Crippen LogP contribution in [0.5, 0.6) is 0 Å². The number of esters is 3. The Morgan fingerprint density at radius 3 is 1.45 bits per heavy atom. The highest BCUT2D eigenvalue weighted by Gasteiger charge is 2.28. The number of aromatic amines is 1. The topological polar surface area (TPSA) is 174 Å². The molecular weight excluding hydrogens is 714 g/mol. The predicted octanol–water partition coefficient (Wildman–Crippen LogP) is 10.4. The lowest BCUT2D eigenvalue weighted by atomic mass is 10.0. The van der Waals surface area contributed by atoms with Crippen molar-refractivity contribution < 1.29 is 43.3 Å². The number of aliphatic carboxylic acids is 1. The number of hydrogen-bond acceptors (Lipinski definition) is 9. The van der Waals surface area contributed by atoms with Gasteiger partial charge in [-0.2, -0.15) is 0 Å². The van der Waals surface area contributed by atoms with Crippen LogP contribution in [0.2, 0.25) is 0 Å². The summed E-state index contributed by atoms with van der Waals surface area (Å²) in [7, 11) is 0. The molecule has 322 valence electrons. The summed E-state index contributed by atoms with van der Waals surface area (Å²) in [6.07, 6.45) is 32.5. The van der Waals surface area contributed by atoms with Crippen LogP contribution < -0.4 is 5.32 Å². The molecule has 1 amide bonds. The standard InChI is InChI=1S/C44H77N3O9/c1-3-5-7-9-11-13-15-17-19-21-23-25-27-29-41(51)54-34-37(56-42(52)30-28-26-24-22-20-18-16-14-12-10-8-6-4-2)35-55-44(53)43(38-33-45-36-46-38)47-39(48)31-32-40(49)50/h33,36-37,43H,3-32,34-35H2,1-2H3,(H,45,46)(H,47,48)(H,49,50). The minimum Gasteiger partial charge on any atom is -0.481 e. The van der Waals surface area contributed by atoms with Gasteiger partial charge in [0, 0.05) is 19.3 Å². The molecule has 2 atom stereocenters. The van der Waals surface area contributed by atoms with Crippen molar-refractivity contribution >= 4 is 29.8 Å². The SMILES string of the molecule is CCCCCCCCCCCCCCCC(=O)OCC(COC(=O)C(NC(=O)CCC(=O)O)c1cnc[nH]1)OC(=O)CCCCCCCCCCCCCCC. The summed E-state index contributed by atoms with van der Waals surface area (Å²) in [4.78, 5) is 68.5. The Bertz CT molecular complexity index is 1140. The number of H-pyrrole nitrogens is 1. The number of hydrogen-bond donors (Lipinski definition) is 3. The van der Waals surface area contributed by atoms with E-state index in [4.69, 9.17) is 19.3 Å². The monoisotopic (exact) mass is 792 g/mol. The molecule has 1 rings (SSSR count). The molecule has 0 aliphatic heterocycles. The van der Waals surface area contributed by atoms with E-state index < -0.39 is 55.0 Å². The normalized spacial score (nSPS) is 12.2. The molecule has 3 N–H and O–H groups in total. The van der Waals surface area contributed by atoms with Crippen LogP contribution in [0, 0.1) is 0 Å². The molecule has 0 spiro atoms. The number of carbonyl (C=O) groups is 5. The second-order valence-electron chi connectivity index (χ2n) is 15.3. The molecule has 0 saturated carbocycles. The van der Waals surface area contributed by atoms with Crippen LogP contribution in [0.25, 0.3) is 0 Å². The highest BCUT2D eigenvalue weighted by atomic mass is 16.6. The second kappa shape index (κ2) is 35.9. The number of carbonyl (C=O) groups excluding carboxylic acids is 4. The van der Waals surface area contributed by atoms with Gasteiger partial charge >= 0.3 is 23.9 Å². The first kappa shape index (κ1) is 50.6. The first-order valence-corrected chi connectivity index (χ1v) is 22.3. The molecule has 1 heterocycles. The summed E-state index contributed by atoms with van der Waals surface area (Å²) in [5, 5.41) is 11.4. The first-order valence-electron chi connectivity index (χ1n) is 22.3. The van der Waals surface area contributed by atoms with Crippen molar-refractivity contribution in [2.75, 3.05) is 13.2 Å². The zero-order chi connectivity index (χ0) is 40.9. The van der Waals surface area contributed by atoms with E-state index >= 15 is 0 Å². The van der Waals surface area contributed by atoms with Crippen LogP contribution >= 0.6 is 0 Å². The number of nitrogens with one attached hydrogen (secondary N) is 2. The van der Waals surface area contributed by atoms with Crippen molar-refractivity contribution in [3.63, 3.8) is 0 Å². The molecule has 0 bridgehead atoms. The van der Waals surface area contributed by atoms with Crippen molar-refractivity contribution in [3.8, 4) is 0 Å². The van der Waals surface area contributed by atoms with Gasteiger partial charge in [0.2, 0.25) is 5.91 Å². The van der Waals surface area contributed by atoms with Crippen LogP contribution in [-0.2, 0) is 38.2 Å². The fraction of sp³-hybridized carbons (Fsp3) is 0.818. The molecule has 0 aliphatic rings. The Hall–Kier alpha value is -3.44. The van der Waals surface area contributed by atoms with E-state index in [9.17, 15) is 24.0 Å². The summed E-state index contributed by atoms with van der Waals surface area (Å²) < 4.78 is 16.6. The highest BCUT2D eigenvalue weighted by Crippen LogP contribution is 2.17. The molecule has 0 saturated heterocycles. The summed E-state index contributed by atoms with van der Waals surface area (Å²) in [5.74, 6) is -3.54. The van der Waals surface area contributed by atoms with Gasteiger partial charge in [-0.3, -0.25) is 19.2 Å². The van der Waals surface area contributed by atoms with Crippen LogP contribution in [0.1, 0.15) is 218 Å². The molecule has 1 aromatic rings. The molecule has 12 nitrogen and oxygen atoms in total. The number of aromatic nitrogens is 2. The van der Waals surface area contributed by atoms with Crippen molar-refractivity contribution in [1.29, 1.82) is 0 Å². The predicted molar refractivity (Wildman–Crippen MR) is 219 cm³/mol. The van der Waals surface area contributed by atoms with Gasteiger partial charge in [0.25, 0.3) is 0 Å². The van der Waals surface area contributed by atoms with E-state index in [-0.39, 0.29) is 31.6 Å².